The van der Waals surface area contributed by atoms with Gasteiger partial charge < -0.3 is 17.1 Å². The predicted octanol–water partition coefficient (Wildman–Crippen LogP) is 0.340. The van der Waals surface area contributed by atoms with Crippen LogP contribution in [0.2, 0.25) is 0 Å². The topological polar surface area (TPSA) is 40.5 Å². The summed E-state index contributed by atoms with van der Waals surface area (Å²) in [6.45, 7) is 5.19. The summed E-state index contributed by atoms with van der Waals surface area (Å²) < 4.78 is 0. The molecule has 2 N–H and O–H groups in total. The minimum absolute atomic E-state index is 0. The van der Waals surface area contributed by atoms with Crippen LogP contribution in [0.25, 0.3) is 0 Å². The molecule has 0 aromatic rings. The van der Waals surface area contributed by atoms with Gasteiger partial charge in [0.05, 0.1) is 6.10 Å². The largest absolute Gasteiger partial charge is 0.425 e. The molecule has 0 amide bonds. The van der Waals surface area contributed by atoms with E-state index in [-0.39, 0.29) is 27.2 Å². The summed E-state index contributed by atoms with van der Waals surface area (Å²) >= 11 is 0. The zero-order valence-corrected chi connectivity index (χ0v) is 8.51. The zero-order valence-electron chi connectivity index (χ0n) is 5.58. The number of aliphatic hydroxyl groups is 2. The van der Waals surface area contributed by atoms with Gasteiger partial charge >= 0.3 is 0 Å². The van der Waals surface area contributed by atoms with Crippen LogP contribution in [0, 0.1) is 6.92 Å². The summed E-state index contributed by atoms with van der Waals surface area (Å²) in [7, 11) is 0. The van der Waals surface area contributed by atoms with Crippen molar-refractivity contribution in [3.8, 4) is 0 Å². The maximum atomic E-state index is 8.83. The van der Waals surface area contributed by atoms with Crippen molar-refractivity contribution in [2.24, 2.45) is 0 Å². The van der Waals surface area contributed by atoms with Gasteiger partial charge in [0.25, 0.3) is 0 Å². The SMILES string of the molecule is [CH2-]C(O)CC(O)CC.[W]. The molecule has 56 valence electrons. The fourth-order valence-corrected chi connectivity index (χ4v) is 0.481. The first kappa shape index (κ1) is 12.3. The standard InChI is InChI=1S/C6H13O2.W/c1-3-6(8)4-5(2)7;/h5-8H,2-4H2,1H3;/q-1;. The van der Waals surface area contributed by atoms with Crippen LogP contribution >= 0.6 is 0 Å². The Morgan fingerprint density at radius 2 is 1.89 bits per heavy atom. The third kappa shape index (κ3) is 8.61. The molecule has 0 saturated heterocycles. The van der Waals surface area contributed by atoms with Crippen LogP contribution in [-0.2, 0) is 21.1 Å². The van der Waals surface area contributed by atoms with E-state index in [0.717, 1.165) is 0 Å². The molecule has 0 radical (unpaired) electrons. The Kier molecular flexibility index (Phi) is 9.19. The first-order valence-electron chi connectivity index (χ1n) is 2.86. The van der Waals surface area contributed by atoms with Crippen molar-refractivity contribution in [3.63, 3.8) is 0 Å². The molecule has 0 aliphatic rings. The molecule has 0 saturated carbocycles. The number of hydrogen-bond donors (Lipinski definition) is 2. The van der Waals surface area contributed by atoms with E-state index in [1.54, 1.807) is 0 Å². The molecule has 9 heavy (non-hydrogen) atoms. The normalized spacial score (nSPS) is 16.0. The van der Waals surface area contributed by atoms with Crippen LogP contribution in [0.4, 0.5) is 0 Å². The van der Waals surface area contributed by atoms with Crippen LogP contribution < -0.4 is 0 Å². The predicted molar refractivity (Wildman–Crippen MR) is 32.3 cm³/mol. The van der Waals surface area contributed by atoms with Crippen molar-refractivity contribution in [1.82, 2.24) is 0 Å². The van der Waals surface area contributed by atoms with E-state index in [1.165, 1.54) is 0 Å². The van der Waals surface area contributed by atoms with E-state index in [2.05, 4.69) is 6.92 Å². The first-order chi connectivity index (χ1) is 3.66. The second-order valence-electron chi connectivity index (χ2n) is 1.95. The van der Waals surface area contributed by atoms with E-state index >= 15 is 0 Å². The fourth-order valence-electron chi connectivity index (χ4n) is 0.481. The van der Waals surface area contributed by atoms with Gasteiger partial charge in [0.1, 0.15) is 0 Å². The van der Waals surface area contributed by atoms with Crippen molar-refractivity contribution in [1.29, 1.82) is 0 Å². The quantitative estimate of drug-likeness (QED) is 0.738. The summed E-state index contributed by atoms with van der Waals surface area (Å²) in [5, 5.41) is 17.4. The molecular weight excluding hydrogens is 288 g/mol. The van der Waals surface area contributed by atoms with Gasteiger partial charge in [-0.1, -0.05) is 13.0 Å². The minimum Gasteiger partial charge on any atom is -0.425 e. The Morgan fingerprint density at radius 3 is 2.00 bits per heavy atom. The zero-order chi connectivity index (χ0) is 6.57. The van der Waals surface area contributed by atoms with E-state index in [4.69, 9.17) is 10.2 Å². The van der Waals surface area contributed by atoms with Gasteiger partial charge in [-0.15, -0.1) is 0 Å². The minimum atomic E-state index is -0.620. The monoisotopic (exact) mass is 301 g/mol. The molecule has 0 fully saturated rings. The van der Waals surface area contributed by atoms with E-state index < -0.39 is 6.10 Å². The second kappa shape index (κ2) is 6.72. The van der Waals surface area contributed by atoms with Gasteiger partial charge in [-0.25, -0.2) is 0 Å². The first-order valence-corrected chi connectivity index (χ1v) is 2.86. The fraction of sp³-hybridized carbons (Fsp3) is 0.833. The maximum Gasteiger partial charge on any atom is 0.0536 e. The molecule has 2 nitrogen and oxygen atoms in total. The van der Waals surface area contributed by atoms with Crippen LogP contribution in [0.5, 0.6) is 0 Å². The van der Waals surface area contributed by atoms with Gasteiger partial charge in [-0.2, -0.15) is 0 Å². The average Bonchev–Trinajstić information content (AvgIpc) is 1.65. The van der Waals surface area contributed by atoms with Crippen LogP contribution in [0.15, 0.2) is 0 Å². The molecule has 3 heteroatoms. The number of hydrogen-bond acceptors (Lipinski definition) is 2. The molecule has 0 aliphatic carbocycles. The Labute approximate surface area is 70.5 Å². The van der Waals surface area contributed by atoms with Crippen molar-refractivity contribution >= 4 is 0 Å². The van der Waals surface area contributed by atoms with Gasteiger partial charge in [0.2, 0.25) is 0 Å². The molecular formula is C6H13O2W-. The van der Waals surface area contributed by atoms with E-state index in [0.29, 0.717) is 12.8 Å². The molecule has 0 bridgehead atoms. The molecule has 0 spiro atoms. The second-order valence-corrected chi connectivity index (χ2v) is 1.95. The maximum absolute atomic E-state index is 8.83. The third-order valence-electron chi connectivity index (χ3n) is 1.02. The molecule has 0 heterocycles. The van der Waals surface area contributed by atoms with Crippen molar-refractivity contribution in [3.05, 3.63) is 6.92 Å². The molecule has 2 unspecified atom stereocenters. The molecule has 0 rings (SSSR count). The summed E-state index contributed by atoms with van der Waals surface area (Å²) in [5.74, 6) is 0. The van der Waals surface area contributed by atoms with Crippen LogP contribution in [0.3, 0.4) is 0 Å². The summed E-state index contributed by atoms with van der Waals surface area (Å²) in [4.78, 5) is 0. The van der Waals surface area contributed by atoms with Gasteiger partial charge in [-0.05, 0) is 12.8 Å². The average molecular weight is 301 g/mol. The Bertz CT molecular complexity index is 57.0. The Hall–Kier alpha value is 0.608. The van der Waals surface area contributed by atoms with Crippen LogP contribution in [0.1, 0.15) is 19.8 Å². The smallest absolute Gasteiger partial charge is 0.0536 e. The molecule has 0 aromatic carbocycles. The van der Waals surface area contributed by atoms with E-state index in [9.17, 15) is 0 Å². The van der Waals surface area contributed by atoms with Gasteiger partial charge in [0, 0.05) is 21.1 Å². The Balaban J connectivity index is 0. The van der Waals surface area contributed by atoms with Crippen molar-refractivity contribution in [2.75, 3.05) is 0 Å². The van der Waals surface area contributed by atoms with Gasteiger partial charge in [-0.3, -0.25) is 0 Å². The molecule has 2 atom stereocenters. The van der Waals surface area contributed by atoms with E-state index in [1.807, 2.05) is 6.92 Å². The number of aliphatic hydroxyl groups excluding tert-OH is 2. The summed E-state index contributed by atoms with van der Waals surface area (Å²) in [6, 6.07) is 0. The van der Waals surface area contributed by atoms with Crippen LogP contribution in [-0.4, -0.2) is 22.4 Å². The molecule has 0 aromatic heterocycles. The Morgan fingerprint density at radius 1 is 1.44 bits per heavy atom. The molecule has 0 aliphatic heterocycles. The van der Waals surface area contributed by atoms with Crippen molar-refractivity contribution in [2.45, 2.75) is 32.0 Å². The van der Waals surface area contributed by atoms with Crippen molar-refractivity contribution < 1.29 is 31.3 Å². The third-order valence-corrected chi connectivity index (χ3v) is 1.02. The number of rotatable bonds is 3. The van der Waals surface area contributed by atoms with Gasteiger partial charge in [0.15, 0.2) is 0 Å². The summed E-state index contributed by atoms with van der Waals surface area (Å²) in [5.41, 5.74) is 0. The summed E-state index contributed by atoms with van der Waals surface area (Å²) in [6.07, 6.45) is 0.0655.